The van der Waals surface area contributed by atoms with Crippen LogP contribution in [0.4, 0.5) is 0 Å². The number of benzene rings is 2. The van der Waals surface area contributed by atoms with Gasteiger partial charge < -0.3 is 14.7 Å². The van der Waals surface area contributed by atoms with E-state index in [-0.39, 0.29) is 17.7 Å². The van der Waals surface area contributed by atoms with E-state index in [1.54, 1.807) is 12.0 Å². The van der Waals surface area contributed by atoms with E-state index in [1.165, 1.54) is 0 Å². The Kier molecular flexibility index (Phi) is 4.54. The van der Waals surface area contributed by atoms with Gasteiger partial charge in [0, 0.05) is 6.54 Å². The Hall–Kier alpha value is -2.56. The van der Waals surface area contributed by atoms with Crippen molar-refractivity contribution in [1.82, 2.24) is 4.90 Å². The maximum Gasteiger partial charge on any atom is 0.326 e. The molecule has 0 aromatic heterocycles. The molecule has 1 amide bonds. The highest BCUT2D eigenvalue weighted by molar-refractivity contribution is 5.91. The molecule has 4 atom stereocenters. The molecule has 0 radical (unpaired) electrons. The number of likely N-dealkylation sites (tertiary alicyclic amines) is 1. The minimum Gasteiger partial charge on any atom is -0.497 e. The van der Waals surface area contributed by atoms with Crippen LogP contribution in [0.3, 0.4) is 0 Å². The van der Waals surface area contributed by atoms with Crippen molar-refractivity contribution in [1.29, 1.82) is 0 Å². The third kappa shape index (κ3) is 3.05. The predicted molar refractivity (Wildman–Crippen MR) is 103 cm³/mol. The molecule has 1 heterocycles. The topological polar surface area (TPSA) is 66.8 Å². The minimum absolute atomic E-state index is 0.0790. The van der Waals surface area contributed by atoms with Crippen molar-refractivity contribution in [3.63, 3.8) is 0 Å². The normalized spacial score (nSPS) is 25.4. The Balaban J connectivity index is 1.60. The molecule has 2 aromatic rings. The first-order valence-corrected chi connectivity index (χ1v) is 9.60. The number of nitrogens with zero attached hydrogens (tertiary/aromatic N) is 1. The summed E-state index contributed by atoms with van der Waals surface area (Å²) in [6.07, 6.45) is 3.02. The highest BCUT2D eigenvalue weighted by Gasteiger charge is 2.50. The van der Waals surface area contributed by atoms with Crippen molar-refractivity contribution in [3.8, 4) is 5.75 Å². The smallest absolute Gasteiger partial charge is 0.326 e. The first-order valence-electron chi connectivity index (χ1n) is 9.60. The third-order valence-corrected chi connectivity index (χ3v) is 6.37. The van der Waals surface area contributed by atoms with Gasteiger partial charge in [-0.25, -0.2) is 4.79 Å². The third-order valence-electron chi connectivity index (χ3n) is 6.37. The van der Waals surface area contributed by atoms with Gasteiger partial charge in [-0.05, 0) is 60.1 Å². The summed E-state index contributed by atoms with van der Waals surface area (Å²) in [5, 5.41) is 11.8. The molecule has 1 N–H and O–H groups in total. The molecule has 0 bridgehead atoms. The van der Waals surface area contributed by atoms with Crippen molar-refractivity contribution >= 4 is 22.6 Å². The van der Waals surface area contributed by atoms with E-state index in [9.17, 15) is 14.7 Å². The summed E-state index contributed by atoms with van der Waals surface area (Å²) in [5.41, 5.74) is 0.916. The molecule has 0 spiro atoms. The van der Waals surface area contributed by atoms with Crippen LogP contribution < -0.4 is 4.74 Å². The van der Waals surface area contributed by atoms with Gasteiger partial charge in [0.2, 0.25) is 5.91 Å². The number of carboxylic acid groups (broad SMARTS) is 1. The first-order chi connectivity index (χ1) is 13.0. The largest absolute Gasteiger partial charge is 0.497 e. The zero-order valence-electron chi connectivity index (χ0n) is 15.7. The van der Waals surface area contributed by atoms with E-state index < -0.39 is 12.0 Å². The van der Waals surface area contributed by atoms with Crippen LogP contribution in [-0.4, -0.2) is 41.6 Å². The Bertz CT molecular complexity index is 893. The lowest BCUT2D eigenvalue weighted by Gasteiger charge is -2.27. The lowest BCUT2D eigenvalue weighted by atomic mass is 9.93. The lowest BCUT2D eigenvalue weighted by molar-refractivity contribution is -0.150. The second kappa shape index (κ2) is 6.87. The number of ether oxygens (including phenoxy) is 1. The average molecular weight is 367 g/mol. The zero-order chi connectivity index (χ0) is 19.1. The number of hydrogen-bond acceptors (Lipinski definition) is 3. The molecule has 2 aromatic carbocycles. The van der Waals surface area contributed by atoms with Gasteiger partial charge in [0.1, 0.15) is 11.8 Å². The number of amides is 1. The van der Waals surface area contributed by atoms with Gasteiger partial charge in [0.25, 0.3) is 0 Å². The van der Waals surface area contributed by atoms with Crippen LogP contribution in [0.25, 0.3) is 10.8 Å². The van der Waals surface area contributed by atoms with Crippen molar-refractivity contribution < 1.29 is 19.4 Å². The predicted octanol–water partition coefficient (Wildman–Crippen LogP) is 3.66. The average Bonchev–Trinajstić information content (AvgIpc) is 3.26. The highest BCUT2D eigenvalue weighted by Crippen LogP contribution is 2.43. The van der Waals surface area contributed by atoms with Crippen LogP contribution in [-0.2, 0) is 9.59 Å². The maximum atomic E-state index is 13.2. The lowest BCUT2D eigenvalue weighted by Crippen LogP contribution is -2.44. The quantitative estimate of drug-likeness (QED) is 0.895. The molecule has 142 valence electrons. The highest BCUT2D eigenvalue weighted by atomic mass is 16.5. The summed E-state index contributed by atoms with van der Waals surface area (Å²) in [6.45, 7) is 2.45. The maximum absolute atomic E-state index is 13.2. The first kappa shape index (κ1) is 17.8. The molecule has 4 unspecified atom stereocenters. The van der Waals surface area contributed by atoms with E-state index in [4.69, 9.17) is 4.74 Å². The second-order valence-corrected chi connectivity index (χ2v) is 7.82. The number of carbonyl (C=O) groups is 2. The van der Waals surface area contributed by atoms with Gasteiger partial charge >= 0.3 is 5.97 Å². The fourth-order valence-electron chi connectivity index (χ4n) is 4.88. The molecular formula is C22H25NO4. The molecule has 27 heavy (non-hydrogen) atoms. The molecule has 4 rings (SSSR count). The van der Waals surface area contributed by atoms with Crippen LogP contribution >= 0.6 is 0 Å². The van der Waals surface area contributed by atoms with Crippen LogP contribution in [0.1, 0.15) is 37.7 Å². The summed E-state index contributed by atoms with van der Waals surface area (Å²) in [4.78, 5) is 26.6. The number of methoxy groups -OCH3 is 1. The summed E-state index contributed by atoms with van der Waals surface area (Å²) in [7, 11) is 1.64. The molecule has 1 aliphatic heterocycles. The summed E-state index contributed by atoms with van der Waals surface area (Å²) < 4.78 is 5.26. The van der Waals surface area contributed by atoms with Crippen LogP contribution in [0.15, 0.2) is 36.4 Å². The van der Waals surface area contributed by atoms with Gasteiger partial charge in [-0.15, -0.1) is 0 Å². The minimum atomic E-state index is -0.865. The van der Waals surface area contributed by atoms with Gasteiger partial charge in [0.05, 0.1) is 13.0 Å². The standard InChI is InChI=1S/C22H25NO4/c1-13(14-6-7-16-11-18(27-2)9-8-15(16)10-14)21(24)23-12-17-4-3-5-19(17)20(23)22(25)26/h6-11,13,17,19-20H,3-5,12H2,1-2H3,(H,25,26). The van der Waals surface area contributed by atoms with Gasteiger partial charge in [0.15, 0.2) is 0 Å². The number of aliphatic carboxylic acids is 1. The van der Waals surface area contributed by atoms with Gasteiger partial charge in [-0.1, -0.05) is 30.7 Å². The van der Waals surface area contributed by atoms with E-state index in [1.807, 2.05) is 43.3 Å². The second-order valence-electron chi connectivity index (χ2n) is 7.82. The Morgan fingerprint density at radius 2 is 1.89 bits per heavy atom. The molecular weight excluding hydrogens is 342 g/mol. The molecule has 2 fully saturated rings. The molecule has 1 saturated heterocycles. The molecule has 5 nitrogen and oxygen atoms in total. The van der Waals surface area contributed by atoms with Crippen LogP contribution in [0.2, 0.25) is 0 Å². The molecule has 1 saturated carbocycles. The van der Waals surface area contributed by atoms with Gasteiger partial charge in [-0.3, -0.25) is 4.79 Å². The van der Waals surface area contributed by atoms with Crippen molar-refractivity contribution in [2.45, 2.75) is 38.1 Å². The van der Waals surface area contributed by atoms with Crippen molar-refractivity contribution in [2.24, 2.45) is 11.8 Å². The van der Waals surface area contributed by atoms with E-state index in [2.05, 4.69) is 0 Å². The van der Waals surface area contributed by atoms with Crippen molar-refractivity contribution in [3.05, 3.63) is 42.0 Å². The van der Waals surface area contributed by atoms with E-state index in [0.29, 0.717) is 12.5 Å². The summed E-state index contributed by atoms with van der Waals surface area (Å²) in [5.74, 6) is -0.0567. The number of carboxylic acids is 1. The van der Waals surface area contributed by atoms with Crippen molar-refractivity contribution in [2.75, 3.05) is 13.7 Å². The monoisotopic (exact) mass is 367 g/mol. The van der Waals surface area contributed by atoms with Crippen LogP contribution in [0, 0.1) is 11.8 Å². The number of hydrogen-bond donors (Lipinski definition) is 1. The summed E-state index contributed by atoms with van der Waals surface area (Å²) in [6, 6.07) is 11.1. The molecule has 1 aliphatic carbocycles. The van der Waals surface area contributed by atoms with Gasteiger partial charge in [-0.2, -0.15) is 0 Å². The Morgan fingerprint density at radius 3 is 2.63 bits per heavy atom. The SMILES string of the molecule is COc1ccc2cc(C(C)C(=O)N3CC4CCCC4C3C(=O)O)ccc2c1. The van der Waals surface area contributed by atoms with Crippen LogP contribution in [0.5, 0.6) is 5.75 Å². The molecule has 5 heteroatoms. The number of carbonyl (C=O) groups excluding carboxylic acids is 1. The number of rotatable bonds is 4. The zero-order valence-corrected chi connectivity index (χ0v) is 15.7. The fourth-order valence-corrected chi connectivity index (χ4v) is 4.88. The Morgan fingerprint density at radius 1 is 1.15 bits per heavy atom. The fraction of sp³-hybridized carbons (Fsp3) is 0.455. The van der Waals surface area contributed by atoms with E-state index in [0.717, 1.165) is 41.3 Å². The number of fused-ring (bicyclic) bond motifs is 2. The molecule has 2 aliphatic rings. The van der Waals surface area contributed by atoms with E-state index >= 15 is 0 Å². The summed E-state index contributed by atoms with van der Waals surface area (Å²) >= 11 is 0. The Labute approximate surface area is 158 Å².